The third-order valence-electron chi connectivity index (χ3n) is 6.19. The fraction of sp³-hybridized carbons (Fsp3) is 0.375. The fourth-order valence-electron chi connectivity index (χ4n) is 4.30. The summed E-state index contributed by atoms with van der Waals surface area (Å²) in [5.74, 6) is -1.17. The third-order valence-corrected chi connectivity index (χ3v) is 8.79. The monoisotopic (exact) mass is 602 g/mol. The average molecular weight is 604 g/mol. The largest absolute Gasteiger partial charge is 0.481 e. The number of ether oxygens (including phenoxy) is 1. The highest BCUT2D eigenvalue weighted by atomic mass is 35.5. The Hall–Kier alpha value is -2.51. The van der Waals surface area contributed by atoms with Gasteiger partial charge in [-0.15, -0.1) is 0 Å². The highest BCUT2D eigenvalue weighted by Crippen LogP contribution is 2.36. The van der Waals surface area contributed by atoms with Crippen LogP contribution in [0.4, 0.5) is 9.52 Å². The van der Waals surface area contributed by atoms with Gasteiger partial charge in [0.1, 0.15) is 28.5 Å². The number of nitrogens with one attached hydrogen (secondary N) is 1. The number of piperidine rings is 1. The summed E-state index contributed by atoms with van der Waals surface area (Å²) in [5, 5.41) is 9.41. The summed E-state index contributed by atoms with van der Waals surface area (Å²) in [6.45, 7) is 2.54. The predicted molar refractivity (Wildman–Crippen MR) is 143 cm³/mol. The zero-order valence-corrected chi connectivity index (χ0v) is 23.2. The molecule has 0 amide bonds. The van der Waals surface area contributed by atoms with E-state index in [0.717, 1.165) is 68.1 Å². The quantitative estimate of drug-likeness (QED) is 0.287. The molecule has 0 aliphatic carbocycles. The maximum atomic E-state index is 14.9. The molecule has 1 saturated heterocycles. The van der Waals surface area contributed by atoms with Crippen molar-refractivity contribution in [3.8, 4) is 11.5 Å². The second-order valence-electron chi connectivity index (χ2n) is 8.91. The molecule has 0 spiro atoms. The lowest BCUT2D eigenvalue weighted by Gasteiger charge is -2.31. The van der Waals surface area contributed by atoms with Crippen LogP contribution in [0.2, 0.25) is 10.0 Å². The van der Waals surface area contributed by atoms with Crippen molar-refractivity contribution in [1.82, 2.24) is 14.3 Å². The van der Waals surface area contributed by atoms with E-state index in [2.05, 4.69) is 19.0 Å². The first-order chi connectivity index (χ1) is 18.1. The van der Waals surface area contributed by atoms with Crippen LogP contribution in [0.15, 0.2) is 41.6 Å². The lowest BCUT2D eigenvalue weighted by molar-refractivity contribution is -0.138. The van der Waals surface area contributed by atoms with Crippen LogP contribution in [0.3, 0.4) is 0 Å². The number of sulfonamides is 1. The average Bonchev–Trinajstić information content (AvgIpc) is 3.35. The van der Waals surface area contributed by atoms with Gasteiger partial charge in [0.05, 0.1) is 5.02 Å². The van der Waals surface area contributed by atoms with Crippen molar-refractivity contribution in [2.75, 3.05) is 24.4 Å². The number of carboxylic acid groups (broad SMARTS) is 1. The summed E-state index contributed by atoms with van der Waals surface area (Å²) in [4.78, 5) is 16.3. The second-order valence-corrected chi connectivity index (χ2v) is 12.2. The van der Waals surface area contributed by atoms with Crippen LogP contribution in [-0.4, -0.2) is 53.4 Å². The Labute approximate surface area is 233 Å². The second kappa shape index (κ2) is 12.6. The number of aliphatic carboxylic acids is 1. The van der Waals surface area contributed by atoms with Crippen LogP contribution in [0.1, 0.15) is 31.2 Å². The summed E-state index contributed by atoms with van der Waals surface area (Å²) >= 11 is 13.3. The Morgan fingerprint density at radius 3 is 2.66 bits per heavy atom. The number of carboxylic acids is 1. The molecular formula is C24H25Cl2FN4O5S2. The Kier molecular flexibility index (Phi) is 9.42. The van der Waals surface area contributed by atoms with Crippen LogP contribution >= 0.6 is 34.7 Å². The van der Waals surface area contributed by atoms with Gasteiger partial charge in [0.15, 0.2) is 0 Å². The molecule has 1 aromatic heterocycles. The summed E-state index contributed by atoms with van der Waals surface area (Å²) in [6, 6.07) is 6.98. The van der Waals surface area contributed by atoms with Gasteiger partial charge in [-0.3, -0.25) is 9.52 Å². The van der Waals surface area contributed by atoms with E-state index in [1.54, 1.807) is 18.2 Å². The SMILES string of the molecule is O=C(O)CC1CCN(CCCc2cc(Cl)ccc2Oc2cc(F)c(S(=O)(=O)Nc3ncns3)cc2Cl)CC1. The smallest absolute Gasteiger partial charge is 0.303 e. The molecule has 1 fully saturated rings. The Bertz CT molecular complexity index is 1380. The summed E-state index contributed by atoms with van der Waals surface area (Å²) in [5.41, 5.74) is 0.796. The van der Waals surface area contributed by atoms with E-state index in [0.29, 0.717) is 17.2 Å². The topological polar surface area (TPSA) is 122 Å². The first-order valence-corrected chi connectivity index (χ1v) is 14.8. The number of benzene rings is 2. The van der Waals surface area contributed by atoms with Crippen molar-refractivity contribution in [1.29, 1.82) is 0 Å². The van der Waals surface area contributed by atoms with Crippen molar-refractivity contribution in [3.63, 3.8) is 0 Å². The minimum Gasteiger partial charge on any atom is -0.481 e. The Morgan fingerprint density at radius 2 is 1.97 bits per heavy atom. The number of hydrogen-bond donors (Lipinski definition) is 2. The first kappa shape index (κ1) is 28.5. The molecule has 204 valence electrons. The minimum absolute atomic E-state index is 0.00344. The highest BCUT2D eigenvalue weighted by molar-refractivity contribution is 7.93. The van der Waals surface area contributed by atoms with Crippen LogP contribution in [-0.2, 0) is 21.2 Å². The third kappa shape index (κ3) is 7.54. The molecule has 0 atom stereocenters. The molecule has 4 rings (SSSR count). The van der Waals surface area contributed by atoms with Crippen LogP contribution in [0.5, 0.6) is 11.5 Å². The molecule has 3 aromatic rings. The summed E-state index contributed by atoms with van der Waals surface area (Å²) < 4.78 is 51.8. The normalized spacial score (nSPS) is 14.9. The molecule has 2 aromatic carbocycles. The zero-order valence-electron chi connectivity index (χ0n) is 20.1. The van der Waals surface area contributed by atoms with Gasteiger partial charge in [-0.05, 0) is 81.1 Å². The van der Waals surface area contributed by atoms with Gasteiger partial charge in [0.25, 0.3) is 10.0 Å². The van der Waals surface area contributed by atoms with E-state index in [1.807, 2.05) is 0 Å². The van der Waals surface area contributed by atoms with Gasteiger partial charge in [0.2, 0.25) is 5.13 Å². The van der Waals surface area contributed by atoms with E-state index in [9.17, 15) is 17.6 Å². The van der Waals surface area contributed by atoms with Crippen molar-refractivity contribution in [3.05, 3.63) is 58.1 Å². The van der Waals surface area contributed by atoms with Crippen molar-refractivity contribution < 1.29 is 27.4 Å². The maximum absolute atomic E-state index is 14.9. The maximum Gasteiger partial charge on any atom is 0.303 e. The lowest BCUT2D eigenvalue weighted by Crippen LogP contribution is -2.35. The molecule has 0 saturated carbocycles. The number of carbonyl (C=O) groups is 1. The van der Waals surface area contributed by atoms with Gasteiger partial charge in [-0.1, -0.05) is 23.2 Å². The van der Waals surface area contributed by atoms with Crippen molar-refractivity contribution in [2.45, 2.75) is 37.0 Å². The van der Waals surface area contributed by atoms with Crippen LogP contribution in [0, 0.1) is 11.7 Å². The number of anilines is 1. The zero-order chi connectivity index (χ0) is 27.3. The molecule has 14 heteroatoms. The van der Waals surface area contributed by atoms with E-state index >= 15 is 0 Å². The molecule has 1 aliphatic heterocycles. The van der Waals surface area contributed by atoms with Crippen LogP contribution in [0.25, 0.3) is 0 Å². The Morgan fingerprint density at radius 1 is 1.21 bits per heavy atom. The molecule has 2 heterocycles. The first-order valence-electron chi connectivity index (χ1n) is 11.8. The molecule has 38 heavy (non-hydrogen) atoms. The predicted octanol–water partition coefficient (Wildman–Crippen LogP) is 5.70. The molecule has 1 aliphatic rings. The number of nitrogens with zero attached hydrogens (tertiary/aromatic N) is 3. The summed E-state index contributed by atoms with van der Waals surface area (Å²) in [6.07, 6.45) is 4.55. The van der Waals surface area contributed by atoms with E-state index < -0.39 is 26.7 Å². The van der Waals surface area contributed by atoms with Gasteiger partial charge in [-0.2, -0.15) is 4.37 Å². The molecular weight excluding hydrogens is 578 g/mol. The number of rotatable bonds is 11. The number of likely N-dealkylation sites (tertiary alicyclic amines) is 1. The molecule has 0 unspecified atom stereocenters. The minimum atomic E-state index is -4.28. The molecule has 0 bridgehead atoms. The van der Waals surface area contributed by atoms with E-state index in [1.165, 1.54) is 6.33 Å². The molecule has 9 nitrogen and oxygen atoms in total. The highest BCUT2D eigenvalue weighted by Gasteiger charge is 2.24. The lowest BCUT2D eigenvalue weighted by atomic mass is 9.93. The fourth-order valence-corrected chi connectivity index (χ4v) is 6.51. The number of aryl methyl sites for hydroxylation is 1. The standard InChI is InChI=1S/C24H25Cl2FN4O5S2/c25-17-3-4-20(16(11-17)2-1-7-31-8-5-15(6-9-31)10-23(32)33)36-21-13-19(27)22(12-18(21)26)38(34,35)30-24-28-14-29-37-24/h3-4,11-15H,1-2,5-10H2,(H,32,33)(H,28,29,30). The summed E-state index contributed by atoms with van der Waals surface area (Å²) in [7, 11) is -4.28. The van der Waals surface area contributed by atoms with Crippen molar-refractivity contribution >= 4 is 55.9 Å². The van der Waals surface area contributed by atoms with Gasteiger partial charge >= 0.3 is 5.97 Å². The Balaban J connectivity index is 1.41. The van der Waals surface area contributed by atoms with Gasteiger partial charge in [0, 0.05) is 29.0 Å². The molecule has 2 N–H and O–H groups in total. The number of aromatic nitrogens is 2. The molecule has 0 radical (unpaired) electrons. The van der Waals surface area contributed by atoms with E-state index in [4.69, 9.17) is 33.0 Å². The van der Waals surface area contributed by atoms with Crippen LogP contribution < -0.4 is 9.46 Å². The van der Waals surface area contributed by atoms with E-state index in [-0.39, 0.29) is 28.2 Å². The van der Waals surface area contributed by atoms with Crippen molar-refractivity contribution in [2.24, 2.45) is 5.92 Å². The number of hydrogen-bond acceptors (Lipinski definition) is 8. The van der Waals surface area contributed by atoms with Gasteiger partial charge < -0.3 is 14.7 Å². The van der Waals surface area contributed by atoms with Gasteiger partial charge in [-0.25, -0.2) is 17.8 Å². The number of halogens is 3.